The van der Waals surface area contributed by atoms with Crippen LogP contribution < -0.4 is 0 Å². The van der Waals surface area contributed by atoms with Crippen molar-refractivity contribution in [3.8, 4) is 0 Å². The molecule has 0 amide bonds. The molecule has 12 heavy (non-hydrogen) atoms. The predicted molar refractivity (Wildman–Crippen MR) is 54.4 cm³/mol. The molecule has 0 heterocycles. The summed E-state index contributed by atoms with van der Waals surface area (Å²) in [7, 11) is 0. The topological polar surface area (TPSA) is 12.4 Å². The Morgan fingerprint density at radius 1 is 1.58 bits per heavy atom. The van der Waals surface area contributed by atoms with E-state index in [1.54, 1.807) is 0 Å². The molecule has 1 aliphatic rings. The van der Waals surface area contributed by atoms with Crippen LogP contribution in [0.4, 0.5) is 0 Å². The van der Waals surface area contributed by atoms with Crippen LogP contribution in [0, 0.1) is 0 Å². The Hall–Kier alpha value is -1.11. The van der Waals surface area contributed by atoms with Gasteiger partial charge in [-0.25, -0.2) is 0 Å². The van der Waals surface area contributed by atoms with E-state index < -0.39 is 0 Å². The molecule has 1 heteroatoms. The van der Waals surface area contributed by atoms with Crippen LogP contribution in [0.5, 0.6) is 0 Å². The fraction of sp³-hybridized carbons (Fsp3) is 0.364. The maximum absolute atomic E-state index is 4.31. The lowest BCUT2D eigenvalue weighted by Gasteiger charge is -2.02. The Labute approximate surface area is 74.2 Å². The molecule has 1 aliphatic carbocycles. The normalized spacial score (nSPS) is 17.5. The lowest BCUT2D eigenvalue weighted by atomic mass is 10.1. The number of nitrogens with zero attached hydrogens (tertiary/aromatic N) is 1. The van der Waals surface area contributed by atoms with Gasteiger partial charge in [-0.2, -0.15) is 0 Å². The quantitative estimate of drug-likeness (QED) is 0.551. The molecule has 0 unspecified atom stereocenters. The van der Waals surface area contributed by atoms with Crippen molar-refractivity contribution in [2.75, 3.05) is 0 Å². The van der Waals surface area contributed by atoms with Gasteiger partial charge in [0.05, 0.1) is 5.70 Å². The molecule has 0 saturated carbocycles. The monoisotopic (exact) mass is 161 g/mol. The maximum atomic E-state index is 4.31. The van der Waals surface area contributed by atoms with Crippen molar-refractivity contribution in [3.05, 3.63) is 35.6 Å². The minimum atomic E-state index is 1.03. The third-order valence-electron chi connectivity index (χ3n) is 1.87. The molecule has 0 N–H and O–H groups in total. The van der Waals surface area contributed by atoms with E-state index in [9.17, 15) is 0 Å². The maximum Gasteiger partial charge on any atom is 0.0654 e. The van der Waals surface area contributed by atoms with Gasteiger partial charge in [0.15, 0.2) is 0 Å². The van der Waals surface area contributed by atoms with Crippen LogP contribution in [-0.4, -0.2) is 6.21 Å². The van der Waals surface area contributed by atoms with Crippen LogP contribution in [-0.2, 0) is 0 Å². The summed E-state index contributed by atoms with van der Waals surface area (Å²) >= 11 is 0. The summed E-state index contributed by atoms with van der Waals surface area (Å²) in [5.41, 5.74) is 2.45. The second-order valence-corrected chi connectivity index (χ2v) is 2.69. The second kappa shape index (κ2) is 4.70. The van der Waals surface area contributed by atoms with Gasteiger partial charge >= 0.3 is 0 Å². The van der Waals surface area contributed by atoms with Crippen molar-refractivity contribution in [2.24, 2.45) is 4.99 Å². The van der Waals surface area contributed by atoms with Gasteiger partial charge in [-0.05, 0) is 31.4 Å². The molecule has 0 atom stereocenters. The summed E-state index contributed by atoms with van der Waals surface area (Å²) in [6, 6.07) is 0. The summed E-state index contributed by atoms with van der Waals surface area (Å²) in [4.78, 5) is 4.31. The van der Waals surface area contributed by atoms with Gasteiger partial charge in [0.1, 0.15) is 0 Å². The van der Waals surface area contributed by atoms with E-state index in [-0.39, 0.29) is 0 Å². The number of rotatable bonds is 2. The Kier molecular flexibility index (Phi) is 3.52. The first kappa shape index (κ1) is 8.98. The molecule has 0 aromatic rings. The molecule has 0 aliphatic heterocycles. The van der Waals surface area contributed by atoms with Gasteiger partial charge in [-0.15, -0.1) is 0 Å². The smallest absolute Gasteiger partial charge is 0.0654 e. The van der Waals surface area contributed by atoms with Crippen molar-refractivity contribution < 1.29 is 0 Å². The molecule has 0 radical (unpaired) electrons. The summed E-state index contributed by atoms with van der Waals surface area (Å²) in [5, 5.41) is 0. The lowest BCUT2D eigenvalue weighted by molar-refractivity contribution is 1.08. The van der Waals surface area contributed by atoms with Gasteiger partial charge in [-0.1, -0.05) is 25.2 Å². The Bertz CT molecular complexity index is 254. The summed E-state index contributed by atoms with van der Waals surface area (Å²) in [5.74, 6) is 0. The van der Waals surface area contributed by atoms with E-state index in [0.717, 1.165) is 18.5 Å². The minimum absolute atomic E-state index is 1.03. The van der Waals surface area contributed by atoms with Gasteiger partial charge in [0, 0.05) is 6.21 Å². The van der Waals surface area contributed by atoms with Gasteiger partial charge in [-0.3, -0.25) is 4.99 Å². The van der Waals surface area contributed by atoms with Crippen molar-refractivity contribution >= 4 is 6.21 Å². The summed E-state index contributed by atoms with van der Waals surface area (Å²) in [6.07, 6.45) is 12.5. The molecular formula is C11H15N. The highest BCUT2D eigenvalue weighted by Crippen LogP contribution is 2.18. The Morgan fingerprint density at radius 2 is 2.42 bits per heavy atom. The SMILES string of the molecule is CC=NC1=CC=CCC=C1CC. The van der Waals surface area contributed by atoms with Gasteiger partial charge in [0.25, 0.3) is 0 Å². The molecule has 0 saturated heterocycles. The summed E-state index contributed by atoms with van der Waals surface area (Å²) < 4.78 is 0. The molecule has 64 valence electrons. The third kappa shape index (κ3) is 2.19. The van der Waals surface area contributed by atoms with E-state index in [0.29, 0.717) is 0 Å². The molecule has 0 aromatic carbocycles. The first-order valence-electron chi connectivity index (χ1n) is 4.43. The van der Waals surface area contributed by atoms with Crippen molar-refractivity contribution in [1.29, 1.82) is 0 Å². The van der Waals surface area contributed by atoms with E-state index >= 15 is 0 Å². The fourth-order valence-corrected chi connectivity index (χ4v) is 1.25. The highest BCUT2D eigenvalue weighted by atomic mass is 14.7. The van der Waals surface area contributed by atoms with Crippen molar-refractivity contribution in [2.45, 2.75) is 26.7 Å². The van der Waals surface area contributed by atoms with E-state index in [2.05, 4.69) is 36.2 Å². The highest BCUT2D eigenvalue weighted by Gasteiger charge is 2.00. The van der Waals surface area contributed by atoms with E-state index in [1.165, 1.54) is 5.57 Å². The molecule has 0 fully saturated rings. The van der Waals surface area contributed by atoms with Gasteiger partial charge < -0.3 is 0 Å². The number of hydrogen-bond acceptors (Lipinski definition) is 1. The van der Waals surface area contributed by atoms with E-state index in [1.807, 2.05) is 13.1 Å². The van der Waals surface area contributed by atoms with Gasteiger partial charge in [0.2, 0.25) is 0 Å². The predicted octanol–water partition coefficient (Wildman–Crippen LogP) is 3.26. The van der Waals surface area contributed by atoms with E-state index in [4.69, 9.17) is 0 Å². The largest absolute Gasteiger partial charge is 0.261 e. The minimum Gasteiger partial charge on any atom is -0.261 e. The first-order chi connectivity index (χ1) is 5.88. The Morgan fingerprint density at radius 3 is 3.08 bits per heavy atom. The standard InChI is InChI=1S/C11H15N/c1-3-10-8-6-5-7-9-11(10)12-4-2/h4-5,7-9H,3,6H2,1-2H3. The number of allylic oxidation sites excluding steroid dienone is 5. The first-order valence-corrected chi connectivity index (χ1v) is 4.43. The van der Waals surface area contributed by atoms with Crippen LogP contribution >= 0.6 is 0 Å². The average molecular weight is 161 g/mol. The highest BCUT2D eigenvalue weighted by molar-refractivity contribution is 5.57. The van der Waals surface area contributed by atoms with Crippen LogP contribution in [0.1, 0.15) is 26.7 Å². The zero-order valence-corrected chi connectivity index (χ0v) is 7.75. The van der Waals surface area contributed by atoms with Crippen LogP contribution in [0.3, 0.4) is 0 Å². The molecule has 0 spiro atoms. The lowest BCUT2D eigenvalue weighted by Crippen LogP contribution is -1.84. The molecule has 0 aromatic heterocycles. The number of aliphatic imine (C=N–C) groups is 1. The zero-order chi connectivity index (χ0) is 8.81. The third-order valence-corrected chi connectivity index (χ3v) is 1.87. The molecule has 0 bridgehead atoms. The second-order valence-electron chi connectivity index (χ2n) is 2.69. The zero-order valence-electron chi connectivity index (χ0n) is 7.75. The van der Waals surface area contributed by atoms with Crippen molar-refractivity contribution in [3.63, 3.8) is 0 Å². The molecule has 1 nitrogen and oxygen atoms in total. The van der Waals surface area contributed by atoms with Crippen LogP contribution in [0.2, 0.25) is 0 Å². The summed E-state index contributed by atoms with van der Waals surface area (Å²) in [6.45, 7) is 4.11. The number of hydrogen-bond donors (Lipinski definition) is 0. The Balaban J connectivity index is 2.89. The van der Waals surface area contributed by atoms with Crippen LogP contribution in [0.15, 0.2) is 40.6 Å². The molecule has 1 rings (SSSR count). The molecular weight excluding hydrogens is 146 g/mol. The van der Waals surface area contributed by atoms with Crippen LogP contribution in [0.25, 0.3) is 0 Å². The average Bonchev–Trinajstić information content (AvgIpc) is 2.30. The fourth-order valence-electron chi connectivity index (χ4n) is 1.25. The van der Waals surface area contributed by atoms with Crippen molar-refractivity contribution in [1.82, 2.24) is 0 Å².